The minimum Gasteiger partial charge on any atom is -0.507 e. The van der Waals surface area contributed by atoms with Crippen LogP contribution in [0.15, 0.2) is 59.0 Å². The largest absolute Gasteiger partial charge is 0.507 e. The Labute approximate surface area is 198 Å². The highest BCUT2D eigenvalue weighted by atomic mass is 32.2. The zero-order valence-corrected chi connectivity index (χ0v) is 20.3. The topological polar surface area (TPSA) is 98.2 Å². The molecule has 0 radical (unpaired) electrons. The molecule has 10 heteroatoms. The van der Waals surface area contributed by atoms with Crippen LogP contribution in [0.5, 0.6) is 0 Å². The molecule has 3 rings (SSSR count). The molecule has 1 N–H and O–H groups in total. The fourth-order valence-corrected chi connectivity index (χ4v) is 4.74. The standard InChI is InChI=1S/C24H28FN3O5S/c1-26(2)14-7-15-28-21(18-8-5-6-9-19(18)25)20(23(30)24(28)31)22(29)16-10-12-17(13-11-16)34(32,33)27(3)4/h5-6,8-13,21,29H,7,14-15H2,1-4H3. The van der Waals surface area contributed by atoms with E-state index in [1.54, 1.807) is 6.07 Å². The Morgan fingerprint density at radius 1 is 1.03 bits per heavy atom. The molecule has 2 aromatic carbocycles. The number of Topliss-reactive ketones (excluding diaryl/α,β-unsaturated/α-hetero) is 1. The third-order valence-electron chi connectivity index (χ3n) is 5.65. The van der Waals surface area contributed by atoms with E-state index >= 15 is 0 Å². The number of aliphatic hydroxyl groups is 1. The van der Waals surface area contributed by atoms with Crippen molar-refractivity contribution in [3.05, 3.63) is 71.0 Å². The molecule has 1 heterocycles. The number of ketones is 1. The van der Waals surface area contributed by atoms with E-state index in [1.165, 1.54) is 61.5 Å². The summed E-state index contributed by atoms with van der Waals surface area (Å²) >= 11 is 0. The van der Waals surface area contributed by atoms with Gasteiger partial charge in [-0.15, -0.1) is 0 Å². The summed E-state index contributed by atoms with van der Waals surface area (Å²) in [6.45, 7) is 0.841. The SMILES string of the molecule is CN(C)CCCN1C(=O)C(=O)C(=C(O)c2ccc(S(=O)(=O)N(C)C)cc2)C1c1ccccc1F. The maximum Gasteiger partial charge on any atom is 0.295 e. The minimum atomic E-state index is -3.69. The van der Waals surface area contributed by atoms with Crippen molar-refractivity contribution < 1.29 is 27.5 Å². The summed E-state index contributed by atoms with van der Waals surface area (Å²) in [6.07, 6.45) is 0.544. The summed E-state index contributed by atoms with van der Waals surface area (Å²) < 4.78 is 40.5. The van der Waals surface area contributed by atoms with E-state index in [2.05, 4.69) is 0 Å². The molecule has 0 saturated carbocycles. The number of carbonyl (C=O) groups excluding carboxylic acids is 2. The third-order valence-corrected chi connectivity index (χ3v) is 7.48. The predicted molar refractivity (Wildman–Crippen MR) is 126 cm³/mol. The monoisotopic (exact) mass is 489 g/mol. The van der Waals surface area contributed by atoms with Crippen LogP contribution < -0.4 is 0 Å². The van der Waals surface area contributed by atoms with Gasteiger partial charge in [-0.1, -0.05) is 18.2 Å². The first-order valence-corrected chi connectivity index (χ1v) is 12.1. The van der Waals surface area contributed by atoms with Crippen LogP contribution in [-0.2, 0) is 19.6 Å². The number of aliphatic hydroxyl groups excluding tert-OH is 1. The number of likely N-dealkylation sites (tertiary alicyclic amines) is 1. The molecule has 8 nitrogen and oxygen atoms in total. The molecule has 1 aliphatic rings. The number of nitrogens with zero attached hydrogens (tertiary/aromatic N) is 3. The molecule has 1 saturated heterocycles. The van der Waals surface area contributed by atoms with Crippen LogP contribution in [0, 0.1) is 5.82 Å². The quantitative estimate of drug-likeness (QED) is 0.348. The first kappa shape index (κ1) is 25.5. The van der Waals surface area contributed by atoms with Gasteiger partial charge >= 0.3 is 0 Å². The summed E-state index contributed by atoms with van der Waals surface area (Å²) in [7, 11) is 2.86. The Kier molecular flexibility index (Phi) is 7.54. The van der Waals surface area contributed by atoms with Gasteiger partial charge in [0.2, 0.25) is 10.0 Å². The second-order valence-electron chi connectivity index (χ2n) is 8.48. The molecular weight excluding hydrogens is 461 g/mol. The van der Waals surface area contributed by atoms with E-state index in [9.17, 15) is 27.5 Å². The lowest BCUT2D eigenvalue weighted by atomic mass is 9.95. The first-order chi connectivity index (χ1) is 16.0. The number of amides is 1. The Balaban J connectivity index is 2.10. The number of hydrogen-bond acceptors (Lipinski definition) is 6. The highest BCUT2D eigenvalue weighted by molar-refractivity contribution is 7.89. The van der Waals surface area contributed by atoms with Crippen LogP contribution in [0.2, 0.25) is 0 Å². The van der Waals surface area contributed by atoms with Crippen molar-refractivity contribution in [1.29, 1.82) is 0 Å². The van der Waals surface area contributed by atoms with Crippen LogP contribution in [0.4, 0.5) is 4.39 Å². The van der Waals surface area contributed by atoms with E-state index < -0.39 is 39.3 Å². The number of sulfonamides is 1. The summed E-state index contributed by atoms with van der Waals surface area (Å²) in [4.78, 5) is 29.1. The fourth-order valence-electron chi connectivity index (χ4n) is 3.84. The van der Waals surface area contributed by atoms with E-state index in [0.29, 0.717) is 13.0 Å². The molecule has 0 spiro atoms. The third kappa shape index (κ3) is 4.89. The average molecular weight is 490 g/mol. The van der Waals surface area contributed by atoms with Gasteiger partial charge in [0.05, 0.1) is 16.5 Å². The number of halogens is 1. The molecule has 34 heavy (non-hydrogen) atoms. The molecule has 182 valence electrons. The van der Waals surface area contributed by atoms with Crippen LogP contribution in [-0.4, -0.2) is 80.6 Å². The van der Waals surface area contributed by atoms with Crippen LogP contribution >= 0.6 is 0 Å². The Morgan fingerprint density at radius 2 is 1.65 bits per heavy atom. The number of benzene rings is 2. The summed E-state index contributed by atoms with van der Waals surface area (Å²) in [5, 5.41) is 11.1. The lowest BCUT2D eigenvalue weighted by molar-refractivity contribution is -0.140. The normalized spacial score (nSPS) is 18.3. The molecule has 1 unspecified atom stereocenters. The predicted octanol–water partition coefficient (Wildman–Crippen LogP) is 2.45. The molecule has 0 bridgehead atoms. The van der Waals surface area contributed by atoms with Gasteiger partial charge in [0.1, 0.15) is 11.6 Å². The Hall–Kier alpha value is -3.08. The molecule has 1 amide bonds. The number of hydrogen-bond donors (Lipinski definition) is 1. The molecule has 0 aromatic heterocycles. The molecule has 0 aliphatic carbocycles. The lowest BCUT2D eigenvalue weighted by Crippen LogP contribution is -2.32. The molecule has 2 aromatic rings. The van der Waals surface area contributed by atoms with Crippen LogP contribution in [0.25, 0.3) is 5.76 Å². The van der Waals surface area contributed by atoms with Gasteiger partial charge in [-0.2, -0.15) is 0 Å². The second kappa shape index (κ2) is 10.0. The summed E-state index contributed by atoms with van der Waals surface area (Å²) in [5.41, 5.74) is 0.00779. The van der Waals surface area contributed by atoms with Crippen molar-refractivity contribution in [2.45, 2.75) is 17.4 Å². The highest BCUT2D eigenvalue weighted by Crippen LogP contribution is 2.40. The maximum absolute atomic E-state index is 14.8. The zero-order valence-electron chi connectivity index (χ0n) is 19.5. The Morgan fingerprint density at radius 3 is 2.21 bits per heavy atom. The first-order valence-electron chi connectivity index (χ1n) is 10.7. The summed E-state index contributed by atoms with van der Waals surface area (Å²) in [5.74, 6) is -2.83. The highest BCUT2D eigenvalue weighted by Gasteiger charge is 2.46. The average Bonchev–Trinajstić information content (AvgIpc) is 3.03. The van der Waals surface area contributed by atoms with E-state index in [-0.39, 0.29) is 28.1 Å². The van der Waals surface area contributed by atoms with Crippen LogP contribution in [0.1, 0.15) is 23.6 Å². The molecule has 1 atom stereocenters. The van der Waals surface area contributed by atoms with Crippen LogP contribution in [0.3, 0.4) is 0 Å². The van der Waals surface area contributed by atoms with Crippen molar-refractivity contribution >= 4 is 27.5 Å². The van der Waals surface area contributed by atoms with Gasteiger partial charge in [-0.25, -0.2) is 17.1 Å². The van der Waals surface area contributed by atoms with Crippen molar-refractivity contribution in [3.8, 4) is 0 Å². The molecular formula is C24H28FN3O5S. The second-order valence-corrected chi connectivity index (χ2v) is 10.6. The minimum absolute atomic E-state index is 0.00356. The van der Waals surface area contributed by atoms with Gasteiger partial charge in [0.25, 0.3) is 11.7 Å². The maximum atomic E-state index is 14.8. The van der Waals surface area contributed by atoms with Gasteiger partial charge in [-0.3, -0.25) is 9.59 Å². The molecule has 1 fully saturated rings. The van der Waals surface area contributed by atoms with Crippen molar-refractivity contribution in [2.75, 3.05) is 41.3 Å². The van der Waals surface area contributed by atoms with Gasteiger partial charge in [-0.05, 0) is 57.4 Å². The van der Waals surface area contributed by atoms with E-state index in [4.69, 9.17) is 0 Å². The number of rotatable bonds is 8. The Bertz CT molecular complexity index is 1220. The van der Waals surface area contributed by atoms with E-state index in [0.717, 1.165) is 4.31 Å². The lowest BCUT2D eigenvalue weighted by Gasteiger charge is -2.26. The van der Waals surface area contributed by atoms with Gasteiger partial charge in [0.15, 0.2) is 0 Å². The fraction of sp³-hybridized carbons (Fsp3) is 0.333. The van der Waals surface area contributed by atoms with Crippen molar-refractivity contribution in [2.24, 2.45) is 0 Å². The van der Waals surface area contributed by atoms with Gasteiger partial charge in [0, 0.05) is 31.8 Å². The van der Waals surface area contributed by atoms with Crippen molar-refractivity contribution in [1.82, 2.24) is 14.1 Å². The number of carbonyl (C=O) groups is 2. The molecule has 1 aliphatic heterocycles. The zero-order chi connectivity index (χ0) is 25.2. The van der Waals surface area contributed by atoms with Gasteiger partial charge < -0.3 is 14.9 Å². The van der Waals surface area contributed by atoms with E-state index in [1.807, 2.05) is 19.0 Å². The van der Waals surface area contributed by atoms with Crippen molar-refractivity contribution in [3.63, 3.8) is 0 Å². The smallest absolute Gasteiger partial charge is 0.295 e. The summed E-state index contributed by atoms with van der Waals surface area (Å²) in [6, 6.07) is 10.0.